The van der Waals surface area contributed by atoms with Crippen LogP contribution in [0.4, 0.5) is 0 Å². The number of furan rings is 1. The Bertz CT molecular complexity index is 3190. The van der Waals surface area contributed by atoms with Gasteiger partial charge in [-0.2, -0.15) is 0 Å². The van der Waals surface area contributed by atoms with Crippen molar-refractivity contribution in [3.05, 3.63) is 224 Å². The smallest absolute Gasteiger partial charge is 0.164 e. The second-order valence-electron chi connectivity index (χ2n) is 15.2. The van der Waals surface area contributed by atoms with E-state index < -0.39 is 0 Å². The summed E-state index contributed by atoms with van der Waals surface area (Å²) >= 11 is 0. The van der Waals surface area contributed by atoms with Crippen LogP contribution in [-0.2, 0) is 0 Å². The molecule has 0 N–H and O–H groups in total. The summed E-state index contributed by atoms with van der Waals surface area (Å²) in [4.78, 5) is 15.8. The lowest BCUT2D eigenvalue weighted by Gasteiger charge is -2.12. The maximum absolute atomic E-state index is 7.15. The number of hydrogen-bond donors (Lipinski definition) is 0. The summed E-state index contributed by atoms with van der Waals surface area (Å²) in [5.41, 5.74) is 15.2. The Hall–Kier alpha value is -8.21. The molecule has 0 atom stereocenters. The van der Waals surface area contributed by atoms with Gasteiger partial charge in [-0.25, -0.2) is 15.0 Å². The minimum Gasteiger partial charge on any atom is -0.455 e. The first-order valence-electron chi connectivity index (χ1n) is 20.5. The van der Waals surface area contributed by atoms with Gasteiger partial charge in [-0.1, -0.05) is 200 Å². The molecule has 0 spiro atoms. The third kappa shape index (κ3) is 6.86. The topological polar surface area (TPSA) is 51.8 Å². The highest BCUT2D eigenvalue weighted by atomic mass is 16.3. The Labute approximate surface area is 354 Å². The van der Waals surface area contributed by atoms with Crippen molar-refractivity contribution in [1.82, 2.24) is 15.0 Å². The average Bonchev–Trinajstić information content (AvgIpc) is 3.74. The lowest BCUT2D eigenvalue weighted by Crippen LogP contribution is -2.00. The zero-order chi connectivity index (χ0) is 40.5. The molecule has 4 heteroatoms. The molecule has 0 aliphatic rings. The fourth-order valence-corrected chi connectivity index (χ4v) is 8.28. The minimum absolute atomic E-state index is 0.568. The van der Waals surface area contributed by atoms with Crippen molar-refractivity contribution in [2.75, 3.05) is 0 Å². The largest absolute Gasteiger partial charge is 0.455 e. The van der Waals surface area contributed by atoms with E-state index in [-0.39, 0.29) is 0 Å². The van der Waals surface area contributed by atoms with Crippen LogP contribution in [0.1, 0.15) is 0 Å². The molecular formula is C57H37N3O. The number of fused-ring (bicyclic) bond motifs is 3. The fraction of sp³-hybridized carbons (Fsp3) is 0. The maximum atomic E-state index is 7.15. The first-order chi connectivity index (χ1) is 30.2. The molecule has 0 saturated carbocycles. The van der Waals surface area contributed by atoms with E-state index in [1.165, 1.54) is 0 Å². The SMILES string of the molecule is c1ccc(-c2ccc(-c3nc(-c4ccc(-c5ccccc5)cc4)nc(-c4ccc(-c5ccccc5)c5oc6c(-c7ccccc7)cc(-c7ccccc7)cc6c45)n3)cc2)cc1. The van der Waals surface area contributed by atoms with Gasteiger partial charge in [-0.05, 0) is 68.8 Å². The van der Waals surface area contributed by atoms with Gasteiger partial charge in [0.15, 0.2) is 17.5 Å². The summed E-state index contributed by atoms with van der Waals surface area (Å²) in [5.74, 6) is 1.75. The highest BCUT2D eigenvalue weighted by Gasteiger charge is 2.23. The Morgan fingerprint density at radius 2 is 0.607 bits per heavy atom. The van der Waals surface area contributed by atoms with Gasteiger partial charge in [0, 0.05) is 38.6 Å². The highest BCUT2D eigenvalue weighted by molar-refractivity contribution is 6.19. The Balaban J connectivity index is 1.17. The normalized spacial score (nSPS) is 11.3. The predicted octanol–water partition coefficient (Wildman–Crippen LogP) is 15.1. The zero-order valence-corrected chi connectivity index (χ0v) is 33.1. The van der Waals surface area contributed by atoms with Gasteiger partial charge in [0.25, 0.3) is 0 Å². The number of nitrogens with zero attached hydrogens (tertiary/aromatic N) is 3. The summed E-state index contributed by atoms with van der Waals surface area (Å²) in [6.45, 7) is 0. The van der Waals surface area contributed by atoms with Gasteiger partial charge < -0.3 is 4.42 Å². The third-order valence-corrected chi connectivity index (χ3v) is 11.4. The van der Waals surface area contributed by atoms with Crippen molar-refractivity contribution < 1.29 is 4.42 Å². The van der Waals surface area contributed by atoms with Gasteiger partial charge in [-0.3, -0.25) is 0 Å². The van der Waals surface area contributed by atoms with E-state index >= 15 is 0 Å². The van der Waals surface area contributed by atoms with Crippen molar-refractivity contribution in [1.29, 1.82) is 0 Å². The standard InChI is InChI=1S/C57H37N3O/c1-6-16-38(17-7-1)41-26-30-45(31-27-41)55-58-56(46-32-28-42(29-33-46)39-18-8-2-9-19-39)60-57(59-55)49-35-34-48(43-22-12-4-13-23-43)54-52(49)51-37-47(40-20-10-3-11-21-40)36-50(53(51)61-54)44-24-14-5-15-25-44/h1-37H. The lowest BCUT2D eigenvalue weighted by atomic mass is 9.93. The molecule has 0 radical (unpaired) electrons. The summed E-state index contributed by atoms with van der Waals surface area (Å²) in [7, 11) is 0. The van der Waals surface area contributed by atoms with Crippen LogP contribution in [0.15, 0.2) is 229 Å². The summed E-state index contributed by atoms with van der Waals surface area (Å²) < 4.78 is 7.15. The van der Waals surface area contributed by atoms with E-state index in [1.54, 1.807) is 0 Å². The van der Waals surface area contributed by atoms with Gasteiger partial charge in [-0.15, -0.1) is 0 Å². The fourth-order valence-electron chi connectivity index (χ4n) is 8.28. The molecule has 0 aliphatic carbocycles. The maximum Gasteiger partial charge on any atom is 0.164 e. The zero-order valence-electron chi connectivity index (χ0n) is 33.1. The molecule has 2 aromatic heterocycles. The van der Waals surface area contributed by atoms with Crippen LogP contribution in [0.5, 0.6) is 0 Å². The second-order valence-corrected chi connectivity index (χ2v) is 15.2. The van der Waals surface area contributed by atoms with Crippen LogP contribution < -0.4 is 0 Å². The minimum atomic E-state index is 0.568. The molecule has 0 saturated heterocycles. The summed E-state index contributed by atoms with van der Waals surface area (Å²) in [5, 5.41) is 1.94. The van der Waals surface area contributed by atoms with Crippen molar-refractivity contribution >= 4 is 21.9 Å². The predicted molar refractivity (Wildman–Crippen MR) is 251 cm³/mol. The molecule has 0 unspecified atom stereocenters. The van der Waals surface area contributed by atoms with Gasteiger partial charge in [0.1, 0.15) is 11.2 Å². The molecule has 11 rings (SSSR count). The Morgan fingerprint density at radius 3 is 1.08 bits per heavy atom. The lowest BCUT2D eigenvalue weighted by molar-refractivity contribution is 0.671. The van der Waals surface area contributed by atoms with Gasteiger partial charge in [0.2, 0.25) is 0 Å². The highest BCUT2D eigenvalue weighted by Crippen LogP contribution is 2.46. The van der Waals surface area contributed by atoms with Gasteiger partial charge >= 0.3 is 0 Å². The monoisotopic (exact) mass is 779 g/mol. The quantitative estimate of drug-likeness (QED) is 0.154. The number of rotatable bonds is 8. The number of hydrogen-bond acceptors (Lipinski definition) is 4. The molecule has 2 heterocycles. The van der Waals surface area contributed by atoms with Crippen LogP contribution in [0, 0.1) is 0 Å². The molecule has 286 valence electrons. The van der Waals surface area contributed by atoms with Crippen LogP contribution in [0.3, 0.4) is 0 Å². The molecular weight excluding hydrogens is 743 g/mol. The van der Waals surface area contributed by atoms with E-state index in [0.29, 0.717) is 17.5 Å². The van der Waals surface area contributed by atoms with E-state index in [2.05, 4.69) is 200 Å². The first-order valence-corrected chi connectivity index (χ1v) is 20.5. The molecule has 4 nitrogen and oxygen atoms in total. The van der Waals surface area contributed by atoms with Crippen LogP contribution in [0.25, 0.3) is 112 Å². The van der Waals surface area contributed by atoms with Crippen molar-refractivity contribution in [3.8, 4) is 89.8 Å². The number of benzene rings is 9. The summed E-state index contributed by atoms with van der Waals surface area (Å²) in [6, 6.07) is 78.0. The molecule has 0 amide bonds. The molecule has 61 heavy (non-hydrogen) atoms. The van der Waals surface area contributed by atoms with Crippen LogP contribution in [-0.4, -0.2) is 15.0 Å². The molecule has 0 fully saturated rings. The average molecular weight is 780 g/mol. The second kappa shape index (κ2) is 15.5. The Morgan fingerprint density at radius 1 is 0.246 bits per heavy atom. The molecule has 0 bridgehead atoms. The molecule has 9 aromatic carbocycles. The first kappa shape index (κ1) is 35.9. The van der Waals surface area contributed by atoms with Crippen molar-refractivity contribution in [3.63, 3.8) is 0 Å². The van der Waals surface area contributed by atoms with E-state index in [9.17, 15) is 0 Å². The van der Waals surface area contributed by atoms with Gasteiger partial charge in [0.05, 0.1) is 0 Å². The van der Waals surface area contributed by atoms with Crippen molar-refractivity contribution in [2.24, 2.45) is 0 Å². The third-order valence-electron chi connectivity index (χ3n) is 11.4. The van der Waals surface area contributed by atoms with E-state index in [1.807, 2.05) is 24.3 Å². The number of aromatic nitrogens is 3. The molecule has 11 aromatic rings. The summed E-state index contributed by atoms with van der Waals surface area (Å²) in [6.07, 6.45) is 0. The van der Waals surface area contributed by atoms with Crippen LogP contribution >= 0.6 is 0 Å². The van der Waals surface area contributed by atoms with E-state index in [4.69, 9.17) is 19.4 Å². The van der Waals surface area contributed by atoms with E-state index in [0.717, 1.165) is 94.3 Å². The Kier molecular flexibility index (Phi) is 9.14. The van der Waals surface area contributed by atoms with Crippen LogP contribution in [0.2, 0.25) is 0 Å². The molecule has 0 aliphatic heterocycles. The van der Waals surface area contributed by atoms with Crippen molar-refractivity contribution in [2.45, 2.75) is 0 Å².